The van der Waals surface area contributed by atoms with Crippen LogP contribution in [-0.4, -0.2) is 37.0 Å². The van der Waals surface area contributed by atoms with Crippen LogP contribution in [0, 0.1) is 11.3 Å². The van der Waals surface area contributed by atoms with Crippen LogP contribution in [0.15, 0.2) is 42.5 Å². The quantitative estimate of drug-likeness (QED) is 0.818. The van der Waals surface area contributed by atoms with E-state index in [1.165, 1.54) is 0 Å². The van der Waals surface area contributed by atoms with E-state index in [0.717, 1.165) is 5.69 Å². The molecule has 24 heavy (non-hydrogen) atoms. The minimum Gasteiger partial charge on any atom is -0.367 e. The largest absolute Gasteiger partial charge is 0.367 e. The summed E-state index contributed by atoms with van der Waals surface area (Å²) in [5.41, 5.74) is 2.11. The molecule has 0 bridgehead atoms. The fourth-order valence-electron chi connectivity index (χ4n) is 2.81. The third kappa shape index (κ3) is 3.33. The van der Waals surface area contributed by atoms with E-state index in [2.05, 4.69) is 11.0 Å². The Hall–Kier alpha value is -2.22. The van der Waals surface area contributed by atoms with Crippen molar-refractivity contribution < 1.29 is 4.79 Å². The van der Waals surface area contributed by atoms with E-state index >= 15 is 0 Å². The van der Waals surface area contributed by atoms with Crippen LogP contribution in [0.5, 0.6) is 0 Å². The van der Waals surface area contributed by atoms with Gasteiger partial charge in [0.15, 0.2) is 0 Å². The second-order valence-electron chi connectivity index (χ2n) is 5.54. The molecule has 0 N–H and O–H groups in total. The van der Waals surface area contributed by atoms with E-state index < -0.39 is 0 Å². The number of carbonyl (C=O) groups is 1. The Bertz CT molecular complexity index is 808. The first-order valence-corrected chi connectivity index (χ1v) is 8.34. The molecule has 0 saturated carbocycles. The molecular formula is C18H15Cl2N3O. The van der Waals surface area contributed by atoms with Gasteiger partial charge in [0.25, 0.3) is 5.91 Å². The molecule has 1 amide bonds. The van der Waals surface area contributed by atoms with Gasteiger partial charge in [0.2, 0.25) is 0 Å². The summed E-state index contributed by atoms with van der Waals surface area (Å²) in [4.78, 5) is 16.5. The number of piperazine rings is 1. The standard InChI is InChI=1S/C18H15Cl2N3O/c19-15-6-5-13(11-16(15)20)18(24)23-9-7-22(8-10-23)17-4-2-1-3-14(17)12-21/h1-6,11H,7-10H2. The van der Waals surface area contributed by atoms with Crippen LogP contribution >= 0.6 is 23.2 Å². The van der Waals surface area contributed by atoms with Gasteiger partial charge in [0, 0.05) is 31.7 Å². The molecule has 0 unspecified atom stereocenters. The zero-order valence-corrected chi connectivity index (χ0v) is 14.4. The number of hydrogen-bond acceptors (Lipinski definition) is 3. The Kier molecular flexibility index (Phi) is 4.94. The second-order valence-corrected chi connectivity index (χ2v) is 6.35. The summed E-state index contributed by atoms with van der Waals surface area (Å²) in [7, 11) is 0. The molecule has 4 nitrogen and oxygen atoms in total. The lowest BCUT2D eigenvalue weighted by Crippen LogP contribution is -2.49. The van der Waals surface area contributed by atoms with Gasteiger partial charge in [-0.15, -0.1) is 0 Å². The number of nitrogens with zero attached hydrogens (tertiary/aromatic N) is 3. The predicted molar refractivity (Wildman–Crippen MR) is 95.7 cm³/mol. The number of benzene rings is 2. The molecule has 1 saturated heterocycles. The van der Waals surface area contributed by atoms with E-state index in [-0.39, 0.29) is 5.91 Å². The lowest BCUT2D eigenvalue weighted by Gasteiger charge is -2.36. The van der Waals surface area contributed by atoms with Gasteiger partial charge in [-0.1, -0.05) is 35.3 Å². The SMILES string of the molecule is N#Cc1ccccc1N1CCN(C(=O)c2ccc(Cl)c(Cl)c2)CC1. The molecule has 0 aliphatic carbocycles. The third-order valence-corrected chi connectivity index (χ3v) is 4.84. The van der Waals surface area contributed by atoms with Crippen molar-refractivity contribution in [3.8, 4) is 6.07 Å². The molecule has 0 atom stereocenters. The fraction of sp³-hybridized carbons (Fsp3) is 0.222. The van der Waals surface area contributed by atoms with Gasteiger partial charge < -0.3 is 9.80 Å². The summed E-state index contributed by atoms with van der Waals surface area (Å²) >= 11 is 11.9. The van der Waals surface area contributed by atoms with Gasteiger partial charge in [-0.3, -0.25) is 4.79 Å². The van der Waals surface area contributed by atoms with Crippen molar-refractivity contribution >= 4 is 34.8 Å². The zero-order valence-electron chi connectivity index (χ0n) is 12.9. The van der Waals surface area contributed by atoms with Crippen LogP contribution in [0.2, 0.25) is 10.0 Å². The molecule has 3 rings (SSSR count). The number of anilines is 1. The monoisotopic (exact) mass is 359 g/mol. The van der Waals surface area contributed by atoms with Crippen molar-refractivity contribution in [2.24, 2.45) is 0 Å². The van der Waals surface area contributed by atoms with E-state index in [4.69, 9.17) is 23.2 Å². The summed E-state index contributed by atoms with van der Waals surface area (Å²) in [6, 6.07) is 14.7. The molecule has 2 aromatic carbocycles. The molecule has 0 radical (unpaired) electrons. The number of amides is 1. The van der Waals surface area contributed by atoms with Gasteiger partial charge in [0.1, 0.15) is 6.07 Å². The van der Waals surface area contributed by atoms with Gasteiger partial charge >= 0.3 is 0 Å². The predicted octanol–water partition coefficient (Wildman–Crippen LogP) is 3.83. The van der Waals surface area contributed by atoms with E-state index in [1.54, 1.807) is 23.1 Å². The van der Waals surface area contributed by atoms with E-state index in [0.29, 0.717) is 47.4 Å². The lowest BCUT2D eigenvalue weighted by molar-refractivity contribution is 0.0747. The van der Waals surface area contributed by atoms with Crippen LogP contribution in [0.3, 0.4) is 0 Å². The number of hydrogen-bond donors (Lipinski definition) is 0. The number of carbonyl (C=O) groups excluding carboxylic acids is 1. The minimum atomic E-state index is -0.0539. The van der Waals surface area contributed by atoms with Crippen molar-refractivity contribution in [2.45, 2.75) is 0 Å². The van der Waals surface area contributed by atoms with E-state index in [9.17, 15) is 10.1 Å². The Balaban J connectivity index is 1.69. The highest BCUT2D eigenvalue weighted by molar-refractivity contribution is 6.42. The van der Waals surface area contributed by atoms with Gasteiger partial charge in [-0.25, -0.2) is 0 Å². The summed E-state index contributed by atoms with van der Waals surface area (Å²) in [5.74, 6) is -0.0539. The van der Waals surface area contributed by atoms with Gasteiger partial charge in [-0.05, 0) is 30.3 Å². The van der Waals surface area contributed by atoms with Crippen molar-refractivity contribution in [1.82, 2.24) is 4.90 Å². The van der Waals surface area contributed by atoms with Crippen molar-refractivity contribution in [3.63, 3.8) is 0 Å². The summed E-state index contributed by atoms with van der Waals surface area (Å²) in [6.45, 7) is 2.56. The number of nitriles is 1. The number of rotatable bonds is 2. The van der Waals surface area contributed by atoms with Crippen molar-refractivity contribution in [3.05, 3.63) is 63.6 Å². The molecule has 2 aromatic rings. The average Bonchev–Trinajstić information content (AvgIpc) is 2.63. The van der Waals surface area contributed by atoms with Gasteiger partial charge in [0.05, 0.1) is 21.3 Å². The molecule has 1 heterocycles. The molecule has 0 spiro atoms. The highest BCUT2D eigenvalue weighted by Gasteiger charge is 2.23. The molecule has 6 heteroatoms. The van der Waals surface area contributed by atoms with E-state index in [1.807, 2.05) is 24.3 Å². The van der Waals surface area contributed by atoms with Crippen LogP contribution in [0.4, 0.5) is 5.69 Å². The van der Waals surface area contributed by atoms with Crippen molar-refractivity contribution in [2.75, 3.05) is 31.1 Å². The van der Waals surface area contributed by atoms with Crippen LogP contribution in [0.25, 0.3) is 0 Å². The Morgan fingerprint density at radius 2 is 1.71 bits per heavy atom. The number of para-hydroxylation sites is 1. The third-order valence-electron chi connectivity index (χ3n) is 4.10. The molecule has 1 aliphatic rings. The highest BCUT2D eigenvalue weighted by Crippen LogP contribution is 2.25. The Labute approximate surface area is 150 Å². The average molecular weight is 360 g/mol. The fourth-order valence-corrected chi connectivity index (χ4v) is 3.10. The highest BCUT2D eigenvalue weighted by atomic mass is 35.5. The van der Waals surface area contributed by atoms with Crippen LogP contribution in [-0.2, 0) is 0 Å². The molecule has 1 fully saturated rings. The first-order chi connectivity index (χ1) is 11.6. The first kappa shape index (κ1) is 16.6. The first-order valence-electron chi connectivity index (χ1n) is 7.58. The Morgan fingerprint density at radius 1 is 1.00 bits per heavy atom. The molecule has 1 aliphatic heterocycles. The van der Waals surface area contributed by atoms with Gasteiger partial charge in [-0.2, -0.15) is 5.26 Å². The normalized spacial score (nSPS) is 14.4. The van der Waals surface area contributed by atoms with Crippen LogP contribution < -0.4 is 4.90 Å². The maximum atomic E-state index is 12.6. The topological polar surface area (TPSA) is 47.3 Å². The summed E-state index contributed by atoms with van der Waals surface area (Å²) < 4.78 is 0. The maximum Gasteiger partial charge on any atom is 0.254 e. The number of halogens is 2. The lowest BCUT2D eigenvalue weighted by atomic mass is 10.1. The zero-order chi connectivity index (χ0) is 17.1. The Morgan fingerprint density at radius 3 is 2.38 bits per heavy atom. The van der Waals surface area contributed by atoms with Crippen molar-refractivity contribution in [1.29, 1.82) is 5.26 Å². The molecule has 0 aromatic heterocycles. The minimum absolute atomic E-state index is 0.0539. The smallest absolute Gasteiger partial charge is 0.254 e. The van der Waals surface area contributed by atoms with Crippen LogP contribution in [0.1, 0.15) is 15.9 Å². The maximum absolute atomic E-state index is 12.6. The molecular weight excluding hydrogens is 345 g/mol. The summed E-state index contributed by atoms with van der Waals surface area (Å²) in [6.07, 6.45) is 0. The molecule has 122 valence electrons. The second kappa shape index (κ2) is 7.12. The summed E-state index contributed by atoms with van der Waals surface area (Å²) in [5, 5.41) is 10.0.